The van der Waals surface area contributed by atoms with Gasteiger partial charge in [-0.25, -0.2) is 18.2 Å². The Labute approximate surface area is 303 Å². The van der Waals surface area contributed by atoms with E-state index in [4.69, 9.17) is 9.72 Å². The maximum atomic E-state index is 14.3. The second-order valence-corrected chi connectivity index (χ2v) is 16.0. The molecule has 0 unspecified atom stereocenters. The van der Waals surface area contributed by atoms with Crippen molar-refractivity contribution < 1.29 is 37.4 Å². The number of likely N-dealkylation sites (tertiary alicyclic amines) is 2. The summed E-state index contributed by atoms with van der Waals surface area (Å²) in [5, 5.41) is 15.0. The molecule has 4 N–H and O–H groups in total. The number of unbranched alkanes of at least 4 members (excludes halogenated alkanes) is 1. The van der Waals surface area contributed by atoms with Gasteiger partial charge in [-0.05, 0) is 70.4 Å². The monoisotopic (exact) mass is 737 g/mol. The number of hydrogen-bond donors (Lipinski definition) is 4. The molecule has 0 aromatic carbocycles. The summed E-state index contributed by atoms with van der Waals surface area (Å²) in [6.45, 7) is 6.59. The fourth-order valence-electron chi connectivity index (χ4n) is 7.09. The minimum absolute atomic E-state index is 0.0231. The summed E-state index contributed by atoms with van der Waals surface area (Å²) >= 11 is 0. The molecule has 5 amide bonds. The molecule has 2 aliphatic carbocycles. The molecule has 2 saturated heterocycles. The molecule has 4 fully saturated rings. The van der Waals surface area contributed by atoms with Gasteiger partial charge in [0, 0.05) is 55.4 Å². The highest BCUT2D eigenvalue weighted by Crippen LogP contribution is 2.41. The first-order valence-corrected chi connectivity index (χ1v) is 19.6. The van der Waals surface area contributed by atoms with Crippen molar-refractivity contribution in [3.05, 3.63) is 48.8 Å². The van der Waals surface area contributed by atoms with Gasteiger partial charge in [-0.15, -0.1) is 6.58 Å². The van der Waals surface area contributed by atoms with Gasteiger partial charge in [0.05, 0.1) is 17.3 Å². The number of fused-ring (bicyclic) bond motifs is 1. The van der Waals surface area contributed by atoms with Crippen molar-refractivity contribution in [3.63, 3.8) is 0 Å². The summed E-state index contributed by atoms with van der Waals surface area (Å²) in [6.07, 6.45) is 12.5. The Morgan fingerprint density at radius 3 is 2.63 bits per heavy atom. The molecule has 4 heterocycles. The predicted octanol–water partition coefficient (Wildman–Crippen LogP) is 2.02. The van der Waals surface area contributed by atoms with Crippen LogP contribution in [0.3, 0.4) is 0 Å². The number of rotatable bonds is 14. The van der Waals surface area contributed by atoms with Gasteiger partial charge in [0.15, 0.2) is 0 Å². The molecule has 0 radical (unpaired) electrons. The fraction of sp³-hybridized carbons (Fsp3) is 0.556. The van der Waals surface area contributed by atoms with E-state index in [1.807, 2.05) is 18.2 Å². The Morgan fingerprint density at radius 1 is 1.19 bits per heavy atom. The van der Waals surface area contributed by atoms with Crippen LogP contribution in [0.1, 0.15) is 70.3 Å². The van der Waals surface area contributed by atoms with Gasteiger partial charge in [-0.3, -0.25) is 24.1 Å². The van der Waals surface area contributed by atoms with Crippen LogP contribution in [0, 0.1) is 5.92 Å². The Bertz CT molecular complexity index is 1840. The quantitative estimate of drug-likeness (QED) is 0.164. The number of aromatic nitrogens is 2. The normalized spacial score (nSPS) is 25.1. The van der Waals surface area contributed by atoms with E-state index in [9.17, 15) is 32.7 Å². The lowest BCUT2D eigenvalue weighted by Gasteiger charge is -2.47. The first-order chi connectivity index (χ1) is 25.0. The average Bonchev–Trinajstić information content (AvgIpc) is 3.68. The number of aliphatic hydroxyl groups excluding tert-OH is 1. The van der Waals surface area contributed by atoms with E-state index < -0.39 is 62.6 Å². The standard InChI is InChI=1S/C36H47N7O8S/c1-3-26-12-14-36(26,34(47)41-52(49,50)28-10-11-28)40-31(45)30-20-27(22-43(30)33(46)23(2)38-35(48)42-16-6-7-17-42)51-32-24(9-5-4-8-18-44)19-25-21-37-15-13-29(25)39-32/h3,5,9,13,15,19,21,23,26-28,30,44H,1,4,6-8,10-12,14,16-18,20,22H2,2H3,(H,38,48)(H,40,45)(H,41,47)/b9-5+/t23-,26+,27+,30-,36+/m0/s1. The van der Waals surface area contributed by atoms with E-state index in [0.29, 0.717) is 56.3 Å². The van der Waals surface area contributed by atoms with Crippen molar-refractivity contribution in [2.45, 2.75) is 93.7 Å². The summed E-state index contributed by atoms with van der Waals surface area (Å²) in [7, 11) is -3.90. The van der Waals surface area contributed by atoms with Crippen molar-refractivity contribution in [2.75, 3.05) is 26.2 Å². The SMILES string of the molecule is C=C[C@@H]1CC[C@]1(NC(=O)[C@@H]1C[C@@H](Oc2nc3ccncc3cc2/C=C/CCCO)CN1C(=O)[C@H](C)NC(=O)N1CCCC1)C(=O)NS(=O)(=O)C1CC1. The first-order valence-electron chi connectivity index (χ1n) is 18.0. The highest BCUT2D eigenvalue weighted by atomic mass is 32.2. The Hall–Kier alpha value is -4.57. The number of hydrogen-bond acceptors (Lipinski definition) is 10. The van der Waals surface area contributed by atoms with Gasteiger partial charge in [-0.1, -0.05) is 18.2 Å². The van der Waals surface area contributed by atoms with Gasteiger partial charge >= 0.3 is 6.03 Å². The van der Waals surface area contributed by atoms with Gasteiger partial charge in [0.2, 0.25) is 27.7 Å². The topological polar surface area (TPSA) is 200 Å². The Morgan fingerprint density at radius 2 is 1.96 bits per heavy atom. The van der Waals surface area contributed by atoms with Crippen LogP contribution in [-0.2, 0) is 24.4 Å². The molecule has 15 nitrogen and oxygen atoms in total. The summed E-state index contributed by atoms with van der Waals surface area (Å²) in [5.74, 6) is -2.24. The van der Waals surface area contributed by atoms with E-state index in [0.717, 1.165) is 18.2 Å². The fourth-order valence-corrected chi connectivity index (χ4v) is 8.45. The number of nitrogens with zero attached hydrogens (tertiary/aromatic N) is 4. The van der Waals surface area contributed by atoms with Crippen LogP contribution in [0.15, 0.2) is 43.3 Å². The third-order valence-electron chi connectivity index (χ3n) is 10.4. The van der Waals surface area contributed by atoms with Crippen molar-refractivity contribution in [1.29, 1.82) is 0 Å². The molecule has 5 atom stereocenters. The second-order valence-electron chi connectivity index (χ2n) is 14.1. The van der Waals surface area contributed by atoms with Crippen LogP contribution in [0.5, 0.6) is 5.88 Å². The molecule has 16 heteroatoms. The number of carbonyl (C=O) groups is 4. The highest BCUT2D eigenvalue weighted by molar-refractivity contribution is 7.91. The summed E-state index contributed by atoms with van der Waals surface area (Å²) in [4.78, 5) is 66.8. The van der Waals surface area contributed by atoms with E-state index in [1.165, 1.54) is 11.0 Å². The number of amides is 5. The van der Waals surface area contributed by atoms with Crippen molar-refractivity contribution in [1.82, 2.24) is 35.1 Å². The van der Waals surface area contributed by atoms with Gasteiger partial charge in [0.25, 0.3) is 5.91 Å². The van der Waals surface area contributed by atoms with Crippen molar-refractivity contribution >= 4 is 50.8 Å². The molecule has 2 aromatic rings. The molecule has 0 spiro atoms. The lowest BCUT2D eigenvalue weighted by atomic mass is 9.66. The largest absolute Gasteiger partial charge is 0.472 e. The van der Waals surface area contributed by atoms with Crippen LogP contribution in [0.2, 0.25) is 0 Å². The molecule has 0 bridgehead atoms. The molecule has 280 valence electrons. The van der Waals surface area contributed by atoms with Gasteiger partial charge < -0.3 is 30.3 Å². The molecule has 52 heavy (non-hydrogen) atoms. The third-order valence-corrected chi connectivity index (χ3v) is 12.2. The van der Waals surface area contributed by atoms with Crippen LogP contribution >= 0.6 is 0 Å². The zero-order valence-electron chi connectivity index (χ0n) is 29.3. The summed E-state index contributed by atoms with van der Waals surface area (Å²) < 4.78 is 34.1. The zero-order chi connectivity index (χ0) is 37.0. The number of pyridine rings is 2. The molecular weight excluding hydrogens is 691 g/mol. The van der Waals surface area contributed by atoms with Crippen LogP contribution in [0.25, 0.3) is 17.0 Å². The Balaban J connectivity index is 1.26. The number of nitrogens with one attached hydrogen (secondary N) is 3. The third kappa shape index (κ3) is 7.92. The Kier molecular flexibility index (Phi) is 11.1. The first kappa shape index (κ1) is 37.2. The van der Waals surface area contributed by atoms with Gasteiger partial charge in [0.1, 0.15) is 23.7 Å². The minimum atomic E-state index is -3.90. The number of urea groups is 1. The maximum absolute atomic E-state index is 14.3. The van der Waals surface area contributed by atoms with Crippen LogP contribution in [0.4, 0.5) is 4.79 Å². The van der Waals surface area contributed by atoms with Crippen LogP contribution < -0.4 is 20.1 Å². The van der Waals surface area contributed by atoms with Crippen molar-refractivity contribution in [3.8, 4) is 5.88 Å². The lowest BCUT2D eigenvalue weighted by molar-refractivity contribution is -0.144. The number of ether oxygens (including phenoxy) is 1. The lowest BCUT2D eigenvalue weighted by Crippen LogP contribution is -2.70. The van der Waals surface area contributed by atoms with E-state index in [1.54, 1.807) is 30.3 Å². The van der Waals surface area contributed by atoms with E-state index in [-0.39, 0.29) is 37.9 Å². The average molecular weight is 738 g/mol. The second kappa shape index (κ2) is 15.6. The molecule has 4 aliphatic rings. The molecular formula is C36H47N7O8S. The smallest absolute Gasteiger partial charge is 0.318 e. The van der Waals surface area contributed by atoms with E-state index in [2.05, 4.69) is 26.9 Å². The number of allylic oxidation sites excluding steroid dienone is 1. The molecule has 2 saturated carbocycles. The molecule has 2 aliphatic heterocycles. The maximum Gasteiger partial charge on any atom is 0.318 e. The number of carbonyl (C=O) groups excluding carboxylic acids is 4. The van der Waals surface area contributed by atoms with E-state index >= 15 is 0 Å². The zero-order valence-corrected chi connectivity index (χ0v) is 30.1. The number of sulfonamides is 1. The molecule has 6 rings (SSSR count). The predicted molar refractivity (Wildman–Crippen MR) is 192 cm³/mol. The van der Waals surface area contributed by atoms with Gasteiger partial charge in [-0.2, -0.15) is 0 Å². The summed E-state index contributed by atoms with van der Waals surface area (Å²) in [5.41, 5.74) is -0.290. The molecule has 2 aromatic heterocycles. The minimum Gasteiger partial charge on any atom is -0.472 e. The van der Waals surface area contributed by atoms with Crippen LogP contribution in [-0.4, -0.2) is 112 Å². The van der Waals surface area contributed by atoms with Crippen molar-refractivity contribution in [2.24, 2.45) is 5.92 Å². The highest BCUT2D eigenvalue weighted by Gasteiger charge is 2.56. The number of aliphatic hydroxyl groups is 1. The summed E-state index contributed by atoms with van der Waals surface area (Å²) in [6, 6.07) is 1.16.